The van der Waals surface area contributed by atoms with E-state index in [0.29, 0.717) is 0 Å². The molecule has 0 aromatic heterocycles. The van der Waals surface area contributed by atoms with Gasteiger partial charge in [0.25, 0.3) is 0 Å². The summed E-state index contributed by atoms with van der Waals surface area (Å²) in [6.45, 7) is 4.57. The van der Waals surface area contributed by atoms with Crippen molar-refractivity contribution in [3.8, 4) is 0 Å². The van der Waals surface area contributed by atoms with Crippen LogP contribution in [0.3, 0.4) is 0 Å². The fraction of sp³-hybridized carbons (Fsp3) is 0.462. The van der Waals surface area contributed by atoms with Gasteiger partial charge in [0.1, 0.15) is 0 Å². The van der Waals surface area contributed by atoms with Gasteiger partial charge in [0.2, 0.25) is 0 Å². The molecule has 0 heteroatoms. The minimum Gasteiger partial charge on any atom is -0.0654 e. The molecule has 0 bridgehead atoms. The summed E-state index contributed by atoms with van der Waals surface area (Å²) in [6, 6.07) is 18.5. The molecule has 0 atom stereocenters. The number of benzene rings is 3. The van der Waals surface area contributed by atoms with Crippen molar-refractivity contribution in [1.82, 2.24) is 0 Å². The number of hydrogen-bond acceptors (Lipinski definition) is 0. The van der Waals surface area contributed by atoms with Gasteiger partial charge in [0.05, 0.1) is 0 Å². The monoisotopic (exact) mass is 346 g/mol. The largest absolute Gasteiger partial charge is 0.0654 e. The van der Waals surface area contributed by atoms with E-state index in [0.717, 1.165) is 0 Å². The number of rotatable bonds is 10. The molecule has 0 aliphatic carbocycles. The second kappa shape index (κ2) is 9.76. The van der Waals surface area contributed by atoms with E-state index in [2.05, 4.69) is 62.4 Å². The highest BCUT2D eigenvalue weighted by molar-refractivity contribution is 6.02. The fourth-order valence-corrected chi connectivity index (χ4v) is 4.11. The Morgan fingerprint density at radius 1 is 0.577 bits per heavy atom. The Kier molecular flexibility index (Phi) is 7.12. The maximum Gasteiger partial charge on any atom is -0.0143 e. The summed E-state index contributed by atoms with van der Waals surface area (Å²) in [6.07, 6.45) is 13.1. The Morgan fingerprint density at radius 3 is 2.04 bits per heavy atom. The van der Waals surface area contributed by atoms with Crippen LogP contribution < -0.4 is 0 Å². The highest BCUT2D eigenvalue weighted by atomic mass is 14.1. The van der Waals surface area contributed by atoms with E-state index in [1.165, 1.54) is 91.3 Å². The van der Waals surface area contributed by atoms with E-state index < -0.39 is 0 Å². The molecule has 0 aliphatic heterocycles. The van der Waals surface area contributed by atoms with Gasteiger partial charge >= 0.3 is 0 Å². The van der Waals surface area contributed by atoms with Crippen LogP contribution in [0.2, 0.25) is 0 Å². The first-order valence-corrected chi connectivity index (χ1v) is 10.8. The number of unbranched alkanes of at least 4 members (excludes halogenated alkanes) is 6. The summed E-state index contributed by atoms with van der Waals surface area (Å²) < 4.78 is 0. The molecule has 0 N–H and O–H groups in total. The lowest BCUT2D eigenvalue weighted by atomic mass is 9.91. The van der Waals surface area contributed by atoms with Gasteiger partial charge in [0.15, 0.2) is 0 Å². The molecule has 0 nitrogen and oxygen atoms in total. The zero-order valence-corrected chi connectivity index (χ0v) is 16.7. The van der Waals surface area contributed by atoms with E-state index in [9.17, 15) is 0 Å². The molecule has 0 saturated heterocycles. The zero-order chi connectivity index (χ0) is 18.2. The van der Waals surface area contributed by atoms with Gasteiger partial charge in [-0.1, -0.05) is 94.8 Å². The van der Waals surface area contributed by atoms with E-state index in [1.807, 2.05) is 0 Å². The summed E-state index contributed by atoms with van der Waals surface area (Å²) in [4.78, 5) is 0. The third-order valence-electron chi connectivity index (χ3n) is 5.64. The molecule has 0 unspecified atom stereocenters. The Morgan fingerprint density at radius 2 is 1.27 bits per heavy atom. The average Bonchev–Trinajstić information content (AvgIpc) is 2.68. The molecule has 3 aromatic rings. The van der Waals surface area contributed by atoms with Gasteiger partial charge in [-0.25, -0.2) is 0 Å². The Labute approximate surface area is 159 Å². The molecule has 0 heterocycles. The summed E-state index contributed by atoms with van der Waals surface area (Å²) >= 11 is 0. The highest BCUT2D eigenvalue weighted by Crippen LogP contribution is 2.31. The Balaban J connectivity index is 1.93. The van der Waals surface area contributed by atoms with Gasteiger partial charge < -0.3 is 0 Å². The van der Waals surface area contributed by atoms with Crippen LogP contribution in [0.5, 0.6) is 0 Å². The molecule has 3 rings (SSSR count). The van der Waals surface area contributed by atoms with Crippen molar-refractivity contribution >= 4 is 21.5 Å². The van der Waals surface area contributed by atoms with Crippen molar-refractivity contribution in [1.29, 1.82) is 0 Å². The normalized spacial score (nSPS) is 11.5. The molecule has 3 aromatic carbocycles. The summed E-state index contributed by atoms with van der Waals surface area (Å²) in [5.41, 5.74) is 3.09. The number of aryl methyl sites for hydroxylation is 2. The van der Waals surface area contributed by atoms with Crippen molar-refractivity contribution in [2.24, 2.45) is 0 Å². The van der Waals surface area contributed by atoms with Crippen molar-refractivity contribution in [3.63, 3.8) is 0 Å². The van der Waals surface area contributed by atoms with Crippen LogP contribution in [0, 0.1) is 0 Å². The molecule has 0 amide bonds. The smallest absolute Gasteiger partial charge is 0.0143 e. The van der Waals surface area contributed by atoms with Crippen LogP contribution in [0.25, 0.3) is 21.5 Å². The maximum atomic E-state index is 2.49. The molecule has 0 saturated carbocycles. The molecule has 0 spiro atoms. The molecule has 0 aliphatic rings. The third-order valence-corrected chi connectivity index (χ3v) is 5.64. The molecule has 138 valence electrons. The predicted molar refractivity (Wildman–Crippen MR) is 117 cm³/mol. The van der Waals surface area contributed by atoms with Crippen molar-refractivity contribution in [2.75, 3.05) is 0 Å². The van der Waals surface area contributed by atoms with Crippen LogP contribution in [0.1, 0.15) is 76.3 Å². The maximum absolute atomic E-state index is 2.49. The van der Waals surface area contributed by atoms with E-state index in [-0.39, 0.29) is 0 Å². The average molecular weight is 347 g/mol. The molecule has 0 fully saturated rings. The first-order chi connectivity index (χ1) is 12.8. The number of hydrogen-bond donors (Lipinski definition) is 0. The van der Waals surface area contributed by atoms with E-state index in [4.69, 9.17) is 0 Å². The van der Waals surface area contributed by atoms with Gasteiger partial charge in [-0.05, 0) is 64.4 Å². The van der Waals surface area contributed by atoms with Gasteiger partial charge in [0, 0.05) is 0 Å². The number of fused-ring (bicyclic) bond motifs is 2. The third kappa shape index (κ3) is 4.67. The SMILES string of the molecule is CCCCCCc1ccc2cc3ccccc3c(CCCCCC)c2c1. The van der Waals surface area contributed by atoms with Gasteiger partial charge in [-0.2, -0.15) is 0 Å². The first-order valence-electron chi connectivity index (χ1n) is 10.8. The van der Waals surface area contributed by atoms with Gasteiger partial charge in [-0.3, -0.25) is 0 Å². The minimum absolute atomic E-state index is 1.21. The van der Waals surface area contributed by atoms with Crippen molar-refractivity contribution < 1.29 is 0 Å². The van der Waals surface area contributed by atoms with Crippen LogP contribution in [0.4, 0.5) is 0 Å². The van der Waals surface area contributed by atoms with Crippen molar-refractivity contribution in [3.05, 3.63) is 59.7 Å². The molecular formula is C26H34. The van der Waals surface area contributed by atoms with Crippen LogP contribution in [-0.2, 0) is 12.8 Å². The van der Waals surface area contributed by atoms with Gasteiger partial charge in [-0.15, -0.1) is 0 Å². The van der Waals surface area contributed by atoms with E-state index in [1.54, 1.807) is 5.56 Å². The highest BCUT2D eigenvalue weighted by Gasteiger charge is 2.08. The molecule has 0 radical (unpaired) electrons. The lowest BCUT2D eigenvalue weighted by molar-refractivity contribution is 0.666. The Hall–Kier alpha value is -1.82. The minimum atomic E-state index is 1.21. The second-order valence-electron chi connectivity index (χ2n) is 7.75. The lowest BCUT2D eigenvalue weighted by Gasteiger charge is -2.13. The van der Waals surface area contributed by atoms with E-state index >= 15 is 0 Å². The summed E-state index contributed by atoms with van der Waals surface area (Å²) in [5.74, 6) is 0. The molecule has 26 heavy (non-hydrogen) atoms. The second-order valence-corrected chi connectivity index (χ2v) is 7.75. The van der Waals surface area contributed by atoms with Crippen molar-refractivity contribution in [2.45, 2.75) is 78.1 Å². The van der Waals surface area contributed by atoms with Crippen LogP contribution >= 0.6 is 0 Å². The fourth-order valence-electron chi connectivity index (χ4n) is 4.11. The summed E-state index contributed by atoms with van der Waals surface area (Å²) in [5, 5.41) is 5.75. The topological polar surface area (TPSA) is 0 Å². The first kappa shape index (κ1) is 19.0. The molecular weight excluding hydrogens is 312 g/mol. The quantitative estimate of drug-likeness (QED) is 0.256. The zero-order valence-electron chi connectivity index (χ0n) is 16.7. The summed E-state index contributed by atoms with van der Waals surface area (Å²) in [7, 11) is 0. The lowest BCUT2D eigenvalue weighted by Crippen LogP contribution is -1.93. The van der Waals surface area contributed by atoms with Crippen LogP contribution in [-0.4, -0.2) is 0 Å². The van der Waals surface area contributed by atoms with Crippen LogP contribution in [0.15, 0.2) is 48.5 Å². The predicted octanol–water partition coefficient (Wildman–Crippen LogP) is 8.24. The standard InChI is InChI=1S/C26H34/c1-3-5-7-9-13-21-17-18-23-20-22-14-11-12-15-24(22)25(26(23)19-21)16-10-8-6-4-2/h11-12,14-15,17-20H,3-10,13,16H2,1-2H3. The Bertz CT molecular complexity index is 828.